The van der Waals surface area contributed by atoms with Crippen LogP contribution in [0.2, 0.25) is 0 Å². The van der Waals surface area contributed by atoms with Gasteiger partial charge < -0.3 is 33.5 Å². The number of aryl methyl sites for hydroxylation is 1. The Kier molecular flexibility index (Phi) is 11.1. The maximum absolute atomic E-state index is 14.4. The number of piperidine rings is 1. The summed E-state index contributed by atoms with van der Waals surface area (Å²) in [4.78, 5) is 44.6. The number of carbonyl (C=O) groups excluding carboxylic acids is 3. The Bertz CT molecular complexity index is 1200. The van der Waals surface area contributed by atoms with Crippen molar-refractivity contribution in [2.75, 3.05) is 47.5 Å². The van der Waals surface area contributed by atoms with Crippen LogP contribution in [0.5, 0.6) is 5.75 Å². The maximum Gasteiger partial charge on any atom is 0.410 e. The summed E-state index contributed by atoms with van der Waals surface area (Å²) in [6, 6.07) is 7.37. The van der Waals surface area contributed by atoms with Gasteiger partial charge in [0.05, 0.1) is 11.6 Å². The molecule has 10 heteroatoms. The van der Waals surface area contributed by atoms with Gasteiger partial charge in [0.2, 0.25) is 0 Å². The van der Waals surface area contributed by atoms with Crippen molar-refractivity contribution in [2.45, 2.75) is 84.5 Å². The van der Waals surface area contributed by atoms with Crippen LogP contribution in [0.4, 0.5) is 4.79 Å². The van der Waals surface area contributed by atoms with Crippen LogP contribution in [-0.4, -0.2) is 102 Å². The van der Waals surface area contributed by atoms with E-state index in [4.69, 9.17) is 14.2 Å². The molecule has 2 heterocycles. The SMILES string of the molecule is COCCCCn1c(C(=O)N(C(C)C)[C@@H]2CCCN(C(=O)OC(C)(C)C)C2)cc2cccc(OCC(=O)N(C)C)c21. The highest BCUT2D eigenvalue weighted by molar-refractivity contribution is 6.00. The third-order valence-corrected chi connectivity index (χ3v) is 7.16. The molecule has 1 aliphatic heterocycles. The summed E-state index contributed by atoms with van der Waals surface area (Å²) in [6.07, 6.45) is 2.89. The van der Waals surface area contributed by atoms with Crippen LogP contribution in [0.1, 0.15) is 70.8 Å². The molecule has 1 atom stereocenters. The van der Waals surface area contributed by atoms with E-state index in [9.17, 15) is 14.4 Å². The standard InChI is InChI=1S/C31H48N4O6/c1-22(2)35(24-14-12-16-33(20-24)30(38)41-31(3,4)5)29(37)25-19-23-13-11-15-26(40-21-27(36)32(6)7)28(23)34(25)17-9-10-18-39-8/h11,13,15,19,22,24H,9-10,12,14,16-18,20-21H2,1-8H3/t24-/m1/s1. The maximum atomic E-state index is 14.4. The Hall–Kier alpha value is -3.27. The summed E-state index contributed by atoms with van der Waals surface area (Å²) in [5.74, 6) is 0.331. The summed E-state index contributed by atoms with van der Waals surface area (Å²) < 4.78 is 18.9. The average molecular weight is 573 g/mol. The zero-order valence-corrected chi connectivity index (χ0v) is 26.1. The average Bonchev–Trinajstić information content (AvgIpc) is 3.28. The number of methoxy groups -OCH3 is 1. The van der Waals surface area contributed by atoms with Crippen molar-refractivity contribution in [3.63, 3.8) is 0 Å². The minimum absolute atomic E-state index is 0.0838. The molecule has 41 heavy (non-hydrogen) atoms. The second kappa shape index (κ2) is 14.1. The van der Waals surface area contributed by atoms with E-state index in [-0.39, 0.29) is 36.6 Å². The first-order valence-electron chi connectivity index (χ1n) is 14.6. The number of likely N-dealkylation sites (N-methyl/N-ethyl adjacent to an activating group) is 1. The Morgan fingerprint density at radius 2 is 1.85 bits per heavy atom. The number of hydrogen-bond donors (Lipinski definition) is 0. The molecule has 3 amide bonds. The first-order chi connectivity index (χ1) is 19.3. The van der Waals surface area contributed by atoms with Gasteiger partial charge in [-0.3, -0.25) is 9.59 Å². The molecule has 0 spiro atoms. The lowest BCUT2D eigenvalue weighted by atomic mass is 10.0. The highest BCUT2D eigenvalue weighted by atomic mass is 16.6. The molecule has 0 N–H and O–H groups in total. The lowest BCUT2D eigenvalue weighted by molar-refractivity contribution is -0.130. The Morgan fingerprint density at radius 1 is 1.12 bits per heavy atom. The minimum atomic E-state index is -0.585. The smallest absolute Gasteiger partial charge is 0.410 e. The van der Waals surface area contributed by atoms with Gasteiger partial charge in [0.1, 0.15) is 17.0 Å². The van der Waals surface area contributed by atoms with E-state index in [0.717, 1.165) is 36.6 Å². The van der Waals surface area contributed by atoms with E-state index in [1.165, 1.54) is 4.90 Å². The van der Waals surface area contributed by atoms with E-state index < -0.39 is 5.60 Å². The first kappa shape index (κ1) is 32.2. The molecular formula is C31H48N4O6. The van der Waals surface area contributed by atoms with E-state index in [1.54, 1.807) is 26.1 Å². The molecule has 228 valence electrons. The zero-order chi connectivity index (χ0) is 30.3. The second-order valence-electron chi connectivity index (χ2n) is 12.2. The zero-order valence-electron chi connectivity index (χ0n) is 26.1. The number of para-hydroxylation sites is 1. The van der Waals surface area contributed by atoms with Gasteiger partial charge in [-0.15, -0.1) is 0 Å². The highest BCUT2D eigenvalue weighted by Crippen LogP contribution is 2.32. The van der Waals surface area contributed by atoms with Crippen molar-refractivity contribution in [1.29, 1.82) is 0 Å². The molecule has 1 aromatic carbocycles. The fourth-order valence-electron chi connectivity index (χ4n) is 5.23. The van der Waals surface area contributed by atoms with Crippen molar-refractivity contribution in [3.05, 3.63) is 30.0 Å². The van der Waals surface area contributed by atoms with E-state index >= 15 is 0 Å². The summed E-state index contributed by atoms with van der Waals surface area (Å²) in [5, 5.41) is 0.873. The van der Waals surface area contributed by atoms with Gasteiger partial charge in [-0.1, -0.05) is 12.1 Å². The van der Waals surface area contributed by atoms with Crippen LogP contribution in [0.15, 0.2) is 24.3 Å². The highest BCUT2D eigenvalue weighted by Gasteiger charge is 2.35. The number of carbonyl (C=O) groups is 3. The summed E-state index contributed by atoms with van der Waals surface area (Å²) >= 11 is 0. The Morgan fingerprint density at radius 3 is 2.49 bits per heavy atom. The predicted octanol–water partition coefficient (Wildman–Crippen LogP) is 4.79. The molecule has 2 aromatic rings. The van der Waals surface area contributed by atoms with Gasteiger partial charge in [0.15, 0.2) is 6.61 Å². The molecule has 3 rings (SSSR count). The Balaban J connectivity index is 1.97. The number of ether oxygens (including phenoxy) is 3. The molecule has 0 unspecified atom stereocenters. The summed E-state index contributed by atoms with van der Waals surface area (Å²) in [6.45, 7) is 11.8. The largest absolute Gasteiger partial charge is 0.482 e. The minimum Gasteiger partial charge on any atom is -0.482 e. The summed E-state index contributed by atoms with van der Waals surface area (Å²) in [7, 11) is 5.06. The van der Waals surface area contributed by atoms with E-state index in [1.807, 2.05) is 68.4 Å². The fraction of sp³-hybridized carbons (Fsp3) is 0.645. The van der Waals surface area contributed by atoms with Gasteiger partial charge in [-0.25, -0.2) is 4.79 Å². The van der Waals surface area contributed by atoms with Crippen LogP contribution in [0.3, 0.4) is 0 Å². The number of benzene rings is 1. The number of aromatic nitrogens is 1. The lowest BCUT2D eigenvalue weighted by Crippen LogP contribution is -2.54. The van der Waals surface area contributed by atoms with E-state index in [0.29, 0.717) is 37.7 Å². The van der Waals surface area contributed by atoms with E-state index in [2.05, 4.69) is 0 Å². The monoisotopic (exact) mass is 572 g/mol. The molecule has 10 nitrogen and oxygen atoms in total. The third kappa shape index (κ3) is 8.38. The van der Waals surface area contributed by atoms with Crippen molar-refractivity contribution in [2.24, 2.45) is 0 Å². The van der Waals surface area contributed by atoms with Crippen LogP contribution >= 0.6 is 0 Å². The van der Waals surface area contributed by atoms with Crippen molar-refractivity contribution in [1.82, 2.24) is 19.3 Å². The van der Waals surface area contributed by atoms with Crippen molar-refractivity contribution in [3.8, 4) is 5.75 Å². The van der Waals surface area contributed by atoms with Gasteiger partial charge >= 0.3 is 6.09 Å². The normalized spacial score (nSPS) is 15.7. The molecule has 0 saturated carbocycles. The topological polar surface area (TPSA) is 93.5 Å². The number of hydrogen-bond acceptors (Lipinski definition) is 6. The van der Waals surface area contributed by atoms with Gasteiger partial charge in [0, 0.05) is 58.9 Å². The van der Waals surface area contributed by atoms with Crippen LogP contribution < -0.4 is 4.74 Å². The van der Waals surface area contributed by atoms with Crippen LogP contribution in [0, 0.1) is 0 Å². The number of rotatable bonds is 11. The molecule has 1 aliphatic rings. The van der Waals surface area contributed by atoms with Gasteiger partial charge in [0.25, 0.3) is 11.8 Å². The molecule has 1 saturated heterocycles. The molecule has 0 radical (unpaired) electrons. The summed E-state index contributed by atoms with van der Waals surface area (Å²) in [5.41, 5.74) is 0.774. The molecule has 1 fully saturated rings. The number of nitrogens with zero attached hydrogens (tertiary/aromatic N) is 4. The second-order valence-corrected chi connectivity index (χ2v) is 12.2. The fourth-order valence-corrected chi connectivity index (χ4v) is 5.23. The lowest BCUT2D eigenvalue weighted by Gasteiger charge is -2.41. The Labute approximate surface area is 244 Å². The van der Waals surface area contributed by atoms with Gasteiger partial charge in [-0.2, -0.15) is 0 Å². The molecular weight excluding hydrogens is 524 g/mol. The number of likely N-dealkylation sites (tertiary alicyclic amines) is 1. The first-order valence-corrected chi connectivity index (χ1v) is 14.6. The van der Waals surface area contributed by atoms with Crippen LogP contribution in [0.25, 0.3) is 10.9 Å². The van der Waals surface area contributed by atoms with Gasteiger partial charge in [-0.05, 0) is 72.4 Å². The van der Waals surface area contributed by atoms with Crippen molar-refractivity contribution >= 4 is 28.8 Å². The molecule has 0 aliphatic carbocycles. The molecule has 1 aromatic heterocycles. The third-order valence-electron chi connectivity index (χ3n) is 7.16. The molecule has 0 bridgehead atoms. The van der Waals surface area contributed by atoms with Crippen LogP contribution in [-0.2, 0) is 20.8 Å². The quantitative estimate of drug-likeness (QED) is 0.360. The predicted molar refractivity (Wildman–Crippen MR) is 159 cm³/mol. The number of amides is 3. The van der Waals surface area contributed by atoms with Crippen molar-refractivity contribution < 1.29 is 28.6 Å². The number of unbranched alkanes of at least 4 members (excludes halogenated alkanes) is 1. The number of fused-ring (bicyclic) bond motifs is 1.